The molecule has 1 fully saturated rings. The van der Waals surface area contributed by atoms with E-state index in [9.17, 15) is 4.79 Å². The molecule has 0 bridgehead atoms. The van der Waals surface area contributed by atoms with E-state index in [2.05, 4.69) is 22.7 Å². The van der Waals surface area contributed by atoms with Crippen LogP contribution < -0.4 is 10.6 Å². The van der Waals surface area contributed by atoms with E-state index in [1.54, 1.807) is 17.9 Å². The predicted molar refractivity (Wildman–Crippen MR) is 88.3 cm³/mol. The summed E-state index contributed by atoms with van der Waals surface area (Å²) in [6.07, 6.45) is 3.58. The van der Waals surface area contributed by atoms with Crippen LogP contribution in [0.25, 0.3) is 0 Å². The predicted octanol–water partition coefficient (Wildman–Crippen LogP) is 2.42. The number of amides is 1. The van der Waals surface area contributed by atoms with E-state index < -0.39 is 11.7 Å². The Morgan fingerprint density at radius 2 is 2.26 bits per heavy atom. The summed E-state index contributed by atoms with van der Waals surface area (Å²) < 4.78 is 12.5. The van der Waals surface area contributed by atoms with Crippen molar-refractivity contribution in [3.8, 4) is 0 Å². The second kappa shape index (κ2) is 7.31. The summed E-state index contributed by atoms with van der Waals surface area (Å²) in [5, 5.41) is 10.5. The van der Waals surface area contributed by atoms with E-state index in [4.69, 9.17) is 9.47 Å². The highest BCUT2D eigenvalue weighted by Gasteiger charge is 2.21. The van der Waals surface area contributed by atoms with Gasteiger partial charge in [0.2, 0.25) is 0 Å². The summed E-state index contributed by atoms with van der Waals surface area (Å²) in [6, 6.07) is 0.424. The normalized spacial score (nSPS) is 22.0. The first kappa shape index (κ1) is 17.7. The van der Waals surface area contributed by atoms with E-state index in [1.807, 2.05) is 20.8 Å². The first-order chi connectivity index (χ1) is 10.7. The molecular formula is C16H28N4O3. The third-order valence-corrected chi connectivity index (χ3v) is 3.70. The molecule has 1 aliphatic rings. The lowest BCUT2D eigenvalue weighted by Crippen LogP contribution is -2.37. The fourth-order valence-electron chi connectivity index (χ4n) is 2.61. The fourth-order valence-corrected chi connectivity index (χ4v) is 2.61. The van der Waals surface area contributed by atoms with E-state index in [-0.39, 0.29) is 6.10 Å². The zero-order valence-electron chi connectivity index (χ0n) is 14.7. The summed E-state index contributed by atoms with van der Waals surface area (Å²) in [6.45, 7) is 9.04. The van der Waals surface area contributed by atoms with Crippen LogP contribution in [0.2, 0.25) is 0 Å². The van der Waals surface area contributed by atoms with Crippen LogP contribution in [0.4, 0.5) is 10.6 Å². The van der Waals surface area contributed by atoms with Crippen molar-refractivity contribution in [3.05, 3.63) is 11.8 Å². The number of carbonyl (C=O) groups is 1. The Labute approximate surface area is 137 Å². The Bertz CT molecular complexity index is 536. The van der Waals surface area contributed by atoms with Gasteiger partial charge in [0.15, 0.2) is 0 Å². The SMILES string of the molecule is CC1CC(NCc2cnn(C)c2NC(=O)OC(C)(C)C)CCO1. The quantitative estimate of drug-likeness (QED) is 0.889. The molecule has 2 unspecified atom stereocenters. The second-order valence-corrected chi connectivity index (χ2v) is 7.05. The van der Waals surface area contributed by atoms with Crippen molar-refractivity contribution >= 4 is 11.9 Å². The van der Waals surface area contributed by atoms with Crippen molar-refractivity contribution in [2.45, 2.75) is 64.8 Å². The number of rotatable bonds is 4. The largest absolute Gasteiger partial charge is 0.444 e. The molecule has 0 spiro atoms. The van der Waals surface area contributed by atoms with Gasteiger partial charge in [0.1, 0.15) is 11.4 Å². The molecule has 0 radical (unpaired) electrons. The molecule has 1 saturated heterocycles. The molecule has 0 aromatic carbocycles. The van der Waals surface area contributed by atoms with Crippen molar-refractivity contribution in [3.63, 3.8) is 0 Å². The molecule has 23 heavy (non-hydrogen) atoms. The van der Waals surface area contributed by atoms with E-state index in [1.165, 1.54) is 0 Å². The molecular weight excluding hydrogens is 296 g/mol. The monoisotopic (exact) mass is 324 g/mol. The average molecular weight is 324 g/mol. The van der Waals surface area contributed by atoms with Gasteiger partial charge in [0, 0.05) is 31.8 Å². The number of carbonyl (C=O) groups excluding carboxylic acids is 1. The van der Waals surface area contributed by atoms with Crippen LogP contribution >= 0.6 is 0 Å². The molecule has 2 heterocycles. The molecule has 2 rings (SSSR count). The molecule has 2 atom stereocenters. The number of hydrogen-bond donors (Lipinski definition) is 2. The highest BCUT2D eigenvalue weighted by atomic mass is 16.6. The van der Waals surface area contributed by atoms with Gasteiger partial charge in [0.25, 0.3) is 0 Å². The Kier molecular flexibility index (Phi) is 5.64. The lowest BCUT2D eigenvalue weighted by Gasteiger charge is -2.28. The maximum atomic E-state index is 12.0. The van der Waals surface area contributed by atoms with Crippen LogP contribution in [0.3, 0.4) is 0 Å². The number of anilines is 1. The fraction of sp³-hybridized carbons (Fsp3) is 0.750. The van der Waals surface area contributed by atoms with Crippen LogP contribution in [-0.4, -0.2) is 40.2 Å². The summed E-state index contributed by atoms with van der Waals surface area (Å²) in [5.74, 6) is 0.659. The molecule has 2 N–H and O–H groups in total. The zero-order chi connectivity index (χ0) is 17.0. The maximum absolute atomic E-state index is 12.0. The Hall–Kier alpha value is -1.60. The Morgan fingerprint density at radius 3 is 2.91 bits per heavy atom. The third-order valence-electron chi connectivity index (χ3n) is 3.70. The first-order valence-corrected chi connectivity index (χ1v) is 8.10. The molecule has 0 aliphatic carbocycles. The van der Waals surface area contributed by atoms with E-state index >= 15 is 0 Å². The van der Waals surface area contributed by atoms with Crippen molar-refractivity contribution in [1.29, 1.82) is 0 Å². The minimum Gasteiger partial charge on any atom is -0.444 e. The van der Waals surface area contributed by atoms with Gasteiger partial charge in [-0.05, 0) is 40.5 Å². The van der Waals surface area contributed by atoms with Crippen molar-refractivity contribution in [2.24, 2.45) is 7.05 Å². The zero-order valence-corrected chi connectivity index (χ0v) is 14.7. The van der Waals surface area contributed by atoms with Crippen molar-refractivity contribution < 1.29 is 14.3 Å². The molecule has 1 aromatic rings. The summed E-state index contributed by atoms with van der Waals surface area (Å²) in [4.78, 5) is 12.0. The van der Waals surface area contributed by atoms with Crippen LogP contribution in [0.15, 0.2) is 6.20 Å². The molecule has 1 aromatic heterocycles. The van der Waals surface area contributed by atoms with Gasteiger partial charge in [-0.25, -0.2) is 4.79 Å². The minimum absolute atomic E-state index is 0.287. The Balaban J connectivity index is 1.94. The van der Waals surface area contributed by atoms with Gasteiger partial charge in [-0.2, -0.15) is 5.10 Å². The second-order valence-electron chi connectivity index (χ2n) is 7.05. The molecule has 7 heteroatoms. The minimum atomic E-state index is -0.528. The summed E-state index contributed by atoms with van der Waals surface area (Å²) >= 11 is 0. The average Bonchev–Trinajstić information content (AvgIpc) is 2.76. The number of nitrogens with one attached hydrogen (secondary N) is 2. The van der Waals surface area contributed by atoms with E-state index in [0.29, 0.717) is 18.4 Å². The van der Waals surface area contributed by atoms with Crippen LogP contribution in [0.1, 0.15) is 46.1 Å². The smallest absolute Gasteiger partial charge is 0.413 e. The molecule has 0 saturated carbocycles. The summed E-state index contributed by atoms with van der Waals surface area (Å²) in [5.41, 5.74) is 0.414. The summed E-state index contributed by atoms with van der Waals surface area (Å²) in [7, 11) is 1.80. The van der Waals surface area contributed by atoms with Crippen molar-refractivity contribution in [2.75, 3.05) is 11.9 Å². The standard InChI is InChI=1S/C16H28N4O3/c1-11-8-13(6-7-22-11)17-9-12-10-18-20(5)14(12)19-15(21)23-16(2,3)4/h10-11,13,17H,6-9H2,1-5H3,(H,19,21). The number of hydrogen-bond acceptors (Lipinski definition) is 5. The number of aromatic nitrogens is 2. The van der Waals surface area contributed by atoms with Gasteiger partial charge in [0.05, 0.1) is 12.3 Å². The van der Waals surface area contributed by atoms with Crippen LogP contribution in [0.5, 0.6) is 0 Å². The molecule has 1 aliphatic heterocycles. The highest BCUT2D eigenvalue weighted by molar-refractivity contribution is 5.84. The molecule has 130 valence electrons. The highest BCUT2D eigenvalue weighted by Crippen LogP contribution is 2.18. The number of aryl methyl sites for hydroxylation is 1. The van der Waals surface area contributed by atoms with Gasteiger partial charge in [-0.15, -0.1) is 0 Å². The lowest BCUT2D eigenvalue weighted by atomic mass is 10.0. The number of nitrogens with zero attached hydrogens (tertiary/aromatic N) is 2. The van der Waals surface area contributed by atoms with Crippen LogP contribution in [0, 0.1) is 0 Å². The topological polar surface area (TPSA) is 77.4 Å². The molecule has 1 amide bonds. The van der Waals surface area contributed by atoms with E-state index in [0.717, 1.165) is 25.0 Å². The van der Waals surface area contributed by atoms with Gasteiger partial charge >= 0.3 is 6.09 Å². The maximum Gasteiger partial charge on any atom is 0.413 e. The van der Waals surface area contributed by atoms with Crippen molar-refractivity contribution in [1.82, 2.24) is 15.1 Å². The molecule has 7 nitrogen and oxygen atoms in total. The van der Waals surface area contributed by atoms with Gasteiger partial charge < -0.3 is 14.8 Å². The third kappa shape index (κ3) is 5.51. The Morgan fingerprint density at radius 1 is 1.52 bits per heavy atom. The lowest BCUT2D eigenvalue weighted by molar-refractivity contribution is 0.0130. The number of ether oxygens (including phenoxy) is 2. The van der Waals surface area contributed by atoms with Gasteiger partial charge in [-0.3, -0.25) is 10.00 Å². The van der Waals surface area contributed by atoms with Gasteiger partial charge in [-0.1, -0.05) is 0 Å². The van der Waals surface area contributed by atoms with Crippen LogP contribution in [-0.2, 0) is 23.1 Å². The first-order valence-electron chi connectivity index (χ1n) is 8.10.